The van der Waals surface area contributed by atoms with Crippen LogP contribution in [0.15, 0.2) is 85.1 Å². The van der Waals surface area contributed by atoms with Crippen molar-refractivity contribution in [2.45, 2.75) is 20.0 Å². The minimum atomic E-state index is 0.292. The Hall–Kier alpha value is -3.00. The molecule has 1 heterocycles. The fourth-order valence-corrected chi connectivity index (χ4v) is 3.59. The fraction of sp³-hybridized carbons (Fsp3) is 0.167. The molecule has 1 atom stereocenters. The van der Waals surface area contributed by atoms with Crippen molar-refractivity contribution in [3.05, 3.63) is 96.2 Å². The van der Waals surface area contributed by atoms with E-state index in [2.05, 4.69) is 116 Å². The summed E-state index contributed by atoms with van der Waals surface area (Å²) in [7, 11) is 2.14. The first-order chi connectivity index (χ1) is 12.6. The predicted molar refractivity (Wildman–Crippen MR) is 111 cm³/mol. The minimum Gasteiger partial charge on any atom is -0.358 e. The van der Waals surface area contributed by atoms with E-state index in [9.17, 15) is 0 Å². The first-order valence-electron chi connectivity index (χ1n) is 9.09. The summed E-state index contributed by atoms with van der Waals surface area (Å²) in [6, 6.07) is 28.0. The zero-order chi connectivity index (χ0) is 18.1. The monoisotopic (exact) mass is 340 g/mol. The van der Waals surface area contributed by atoms with Gasteiger partial charge in [0.2, 0.25) is 0 Å². The van der Waals surface area contributed by atoms with E-state index in [1.165, 1.54) is 33.6 Å². The molecular formula is C24H24N2. The average Bonchev–Trinajstić information content (AvgIpc) is 2.98. The Kier molecular flexibility index (Phi) is 4.26. The highest BCUT2D eigenvalue weighted by Crippen LogP contribution is 2.36. The van der Waals surface area contributed by atoms with Crippen LogP contribution in [0.25, 0.3) is 16.8 Å². The highest BCUT2D eigenvalue weighted by atomic mass is 15.4. The van der Waals surface area contributed by atoms with E-state index in [0.29, 0.717) is 6.17 Å². The van der Waals surface area contributed by atoms with E-state index in [1.54, 1.807) is 0 Å². The van der Waals surface area contributed by atoms with Gasteiger partial charge in [-0.05, 0) is 42.2 Å². The second kappa shape index (κ2) is 6.72. The standard InChI is InChI=1S/C24H24N2/c1-18-9-7-8-12-23(18)26-19(2)25(3)17-24(26)22-15-13-21(14-16-22)20-10-5-4-6-11-20/h4-17,19H,1-3H3. The molecule has 1 aliphatic heterocycles. The van der Waals surface area contributed by atoms with E-state index in [4.69, 9.17) is 0 Å². The van der Waals surface area contributed by atoms with Gasteiger partial charge in [0.15, 0.2) is 0 Å². The molecule has 3 aromatic carbocycles. The molecule has 1 unspecified atom stereocenters. The van der Waals surface area contributed by atoms with Gasteiger partial charge < -0.3 is 9.80 Å². The molecule has 0 N–H and O–H groups in total. The molecule has 0 amide bonds. The summed E-state index contributed by atoms with van der Waals surface area (Å²) in [5.74, 6) is 0. The normalized spacial score (nSPS) is 16.7. The molecule has 1 aliphatic rings. The minimum absolute atomic E-state index is 0.292. The van der Waals surface area contributed by atoms with E-state index in [0.717, 1.165) is 0 Å². The van der Waals surface area contributed by atoms with Crippen molar-refractivity contribution in [2.24, 2.45) is 0 Å². The molecule has 4 rings (SSSR count). The summed E-state index contributed by atoms with van der Waals surface area (Å²) in [4.78, 5) is 4.69. The van der Waals surface area contributed by atoms with E-state index in [-0.39, 0.29) is 0 Å². The molecule has 130 valence electrons. The highest BCUT2D eigenvalue weighted by Gasteiger charge is 2.29. The van der Waals surface area contributed by atoms with Gasteiger partial charge >= 0.3 is 0 Å². The third kappa shape index (κ3) is 2.88. The Labute approximate surface area is 156 Å². The Bertz CT molecular complexity index is 926. The van der Waals surface area contributed by atoms with Crippen molar-refractivity contribution in [1.82, 2.24) is 4.90 Å². The lowest BCUT2D eigenvalue weighted by atomic mass is 10.0. The van der Waals surface area contributed by atoms with E-state index < -0.39 is 0 Å². The van der Waals surface area contributed by atoms with Crippen molar-refractivity contribution >= 4 is 11.4 Å². The van der Waals surface area contributed by atoms with Crippen LogP contribution in [0.1, 0.15) is 18.1 Å². The van der Waals surface area contributed by atoms with Gasteiger partial charge in [0.05, 0.1) is 5.70 Å². The zero-order valence-electron chi connectivity index (χ0n) is 15.6. The van der Waals surface area contributed by atoms with Crippen LogP contribution in [-0.4, -0.2) is 18.1 Å². The molecule has 2 heteroatoms. The van der Waals surface area contributed by atoms with Gasteiger partial charge in [-0.2, -0.15) is 0 Å². The van der Waals surface area contributed by atoms with Crippen molar-refractivity contribution in [2.75, 3.05) is 11.9 Å². The molecule has 0 aliphatic carbocycles. The van der Waals surface area contributed by atoms with Gasteiger partial charge in [0.25, 0.3) is 0 Å². The average molecular weight is 340 g/mol. The van der Waals surface area contributed by atoms with Crippen LogP contribution in [0.3, 0.4) is 0 Å². The molecule has 3 aromatic rings. The molecule has 0 aromatic heterocycles. The number of nitrogens with zero attached hydrogens (tertiary/aromatic N) is 2. The van der Waals surface area contributed by atoms with Crippen LogP contribution >= 0.6 is 0 Å². The van der Waals surface area contributed by atoms with Crippen molar-refractivity contribution in [1.29, 1.82) is 0 Å². The fourth-order valence-electron chi connectivity index (χ4n) is 3.59. The first kappa shape index (κ1) is 16.5. The first-order valence-corrected chi connectivity index (χ1v) is 9.09. The van der Waals surface area contributed by atoms with Crippen LogP contribution in [0.5, 0.6) is 0 Å². The number of rotatable bonds is 3. The maximum absolute atomic E-state index is 2.42. The SMILES string of the molecule is Cc1ccccc1N1C(c2ccc(-c3ccccc3)cc2)=CN(C)C1C. The molecule has 0 spiro atoms. The Morgan fingerprint density at radius 2 is 1.27 bits per heavy atom. The topological polar surface area (TPSA) is 6.48 Å². The zero-order valence-corrected chi connectivity index (χ0v) is 15.6. The molecule has 26 heavy (non-hydrogen) atoms. The van der Waals surface area contributed by atoms with Crippen LogP contribution in [0.2, 0.25) is 0 Å². The van der Waals surface area contributed by atoms with E-state index >= 15 is 0 Å². The largest absolute Gasteiger partial charge is 0.358 e. The van der Waals surface area contributed by atoms with Gasteiger partial charge in [0, 0.05) is 18.9 Å². The van der Waals surface area contributed by atoms with Gasteiger partial charge in [-0.15, -0.1) is 0 Å². The number of para-hydroxylation sites is 1. The van der Waals surface area contributed by atoms with Crippen LogP contribution in [0.4, 0.5) is 5.69 Å². The van der Waals surface area contributed by atoms with Crippen molar-refractivity contribution in [3.8, 4) is 11.1 Å². The van der Waals surface area contributed by atoms with Gasteiger partial charge in [0.1, 0.15) is 6.17 Å². The predicted octanol–water partition coefficient (Wildman–Crippen LogP) is 5.76. The molecule has 0 bridgehead atoms. The highest BCUT2D eigenvalue weighted by molar-refractivity contribution is 5.83. The molecule has 2 nitrogen and oxygen atoms in total. The second-order valence-electron chi connectivity index (χ2n) is 6.91. The van der Waals surface area contributed by atoms with Crippen molar-refractivity contribution in [3.63, 3.8) is 0 Å². The maximum atomic E-state index is 2.42. The maximum Gasteiger partial charge on any atom is 0.103 e. The van der Waals surface area contributed by atoms with Crippen LogP contribution in [-0.2, 0) is 0 Å². The lowest BCUT2D eigenvalue weighted by Crippen LogP contribution is -2.35. The lowest BCUT2D eigenvalue weighted by molar-refractivity contribution is 0.383. The number of benzene rings is 3. The molecular weight excluding hydrogens is 316 g/mol. The molecule has 0 radical (unpaired) electrons. The van der Waals surface area contributed by atoms with Gasteiger partial charge in [-0.25, -0.2) is 0 Å². The smallest absolute Gasteiger partial charge is 0.103 e. The Balaban J connectivity index is 1.71. The lowest BCUT2D eigenvalue weighted by Gasteiger charge is -2.31. The van der Waals surface area contributed by atoms with Gasteiger partial charge in [-0.3, -0.25) is 0 Å². The summed E-state index contributed by atoms with van der Waals surface area (Å²) in [5, 5.41) is 0. The summed E-state index contributed by atoms with van der Waals surface area (Å²) >= 11 is 0. The number of aryl methyl sites for hydroxylation is 1. The summed E-state index contributed by atoms with van der Waals surface area (Å²) in [6.45, 7) is 4.42. The number of hydrogen-bond donors (Lipinski definition) is 0. The molecule has 0 saturated carbocycles. The van der Waals surface area contributed by atoms with Gasteiger partial charge in [-0.1, -0.05) is 72.8 Å². The summed E-state index contributed by atoms with van der Waals surface area (Å²) in [5.41, 5.74) is 7.54. The molecule has 0 saturated heterocycles. The second-order valence-corrected chi connectivity index (χ2v) is 6.91. The van der Waals surface area contributed by atoms with Crippen LogP contribution in [0, 0.1) is 6.92 Å². The van der Waals surface area contributed by atoms with E-state index in [1.807, 2.05) is 0 Å². The Morgan fingerprint density at radius 3 is 1.96 bits per heavy atom. The van der Waals surface area contributed by atoms with Crippen LogP contribution < -0.4 is 4.90 Å². The number of anilines is 1. The Morgan fingerprint density at radius 1 is 0.692 bits per heavy atom. The van der Waals surface area contributed by atoms with Crippen molar-refractivity contribution < 1.29 is 0 Å². The summed E-state index contributed by atoms with van der Waals surface area (Å²) in [6.07, 6.45) is 2.54. The number of hydrogen-bond acceptors (Lipinski definition) is 2. The quantitative estimate of drug-likeness (QED) is 0.598. The molecule has 0 fully saturated rings. The third-order valence-electron chi connectivity index (χ3n) is 5.21. The third-order valence-corrected chi connectivity index (χ3v) is 5.21. The summed E-state index contributed by atoms with van der Waals surface area (Å²) < 4.78 is 0.